The third-order valence-corrected chi connectivity index (χ3v) is 2.77. The number of rotatable bonds is 6. The number of hydrogen-bond acceptors (Lipinski definition) is 4. The molecule has 0 bridgehead atoms. The third kappa shape index (κ3) is 3.53. The number of pyridine rings is 1. The van der Waals surface area contributed by atoms with Gasteiger partial charge in [-0.25, -0.2) is 14.4 Å². The van der Waals surface area contributed by atoms with E-state index in [1.807, 2.05) is 0 Å². The fourth-order valence-corrected chi connectivity index (χ4v) is 1.80. The molecule has 2 rings (SSSR count). The largest absolute Gasteiger partial charge is 0.372 e. The van der Waals surface area contributed by atoms with Gasteiger partial charge in [0.15, 0.2) is 0 Å². The Bertz CT molecular complexity index is 570. The van der Waals surface area contributed by atoms with Crippen molar-refractivity contribution in [1.82, 2.24) is 20.3 Å². The summed E-state index contributed by atoms with van der Waals surface area (Å²) in [7, 11) is 1.63. The van der Waals surface area contributed by atoms with E-state index in [1.54, 1.807) is 19.4 Å². The summed E-state index contributed by atoms with van der Waals surface area (Å²) in [5, 5.41) is 5.50. The fourth-order valence-electron chi connectivity index (χ4n) is 1.80. The third-order valence-electron chi connectivity index (χ3n) is 2.77. The highest BCUT2D eigenvalue weighted by molar-refractivity contribution is 5.98. The zero-order valence-electron chi connectivity index (χ0n) is 11.1. The van der Waals surface area contributed by atoms with Gasteiger partial charge in [0.25, 0.3) is 5.91 Å². The quantitative estimate of drug-likeness (QED) is 0.696. The molecule has 6 nitrogen and oxygen atoms in total. The van der Waals surface area contributed by atoms with Crippen molar-refractivity contribution >= 4 is 11.7 Å². The van der Waals surface area contributed by atoms with E-state index in [1.165, 1.54) is 6.07 Å². The van der Waals surface area contributed by atoms with Crippen LogP contribution < -0.4 is 10.6 Å². The molecular weight excluding hydrogens is 261 g/mol. The second-order valence-electron chi connectivity index (χ2n) is 4.20. The van der Waals surface area contributed by atoms with Crippen molar-refractivity contribution < 1.29 is 9.18 Å². The van der Waals surface area contributed by atoms with Crippen LogP contribution in [0.2, 0.25) is 0 Å². The maximum Gasteiger partial charge on any atom is 0.255 e. The second kappa shape index (κ2) is 6.65. The first-order chi connectivity index (χ1) is 9.70. The summed E-state index contributed by atoms with van der Waals surface area (Å²) >= 11 is 0. The number of aromatic nitrogens is 3. The maximum atomic E-state index is 13.1. The molecule has 2 aromatic heterocycles. The van der Waals surface area contributed by atoms with Crippen molar-refractivity contribution in [2.24, 2.45) is 0 Å². The van der Waals surface area contributed by atoms with Crippen LogP contribution in [0.4, 0.5) is 10.2 Å². The van der Waals surface area contributed by atoms with Gasteiger partial charge in [-0.1, -0.05) is 0 Å². The minimum atomic E-state index is -0.537. The fraction of sp³-hybridized carbons (Fsp3) is 0.308. The van der Waals surface area contributed by atoms with Gasteiger partial charge in [-0.05, 0) is 12.5 Å². The summed E-state index contributed by atoms with van der Waals surface area (Å²) in [4.78, 5) is 22.9. The predicted molar refractivity (Wildman–Crippen MR) is 73.0 cm³/mol. The van der Waals surface area contributed by atoms with Gasteiger partial charge in [-0.2, -0.15) is 0 Å². The van der Waals surface area contributed by atoms with Gasteiger partial charge in [0.2, 0.25) is 0 Å². The Morgan fingerprint density at radius 2 is 2.30 bits per heavy atom. The Morgan fingerprint density at radius 1 is 1.45 bits per heavy atom. The standard InChI is InChI=1S/C13H16FN5O/c1-15-12-10(7-9(14)8-19-12)13(20)18-4-2-3-11-16-5-6-17-11/h5-8H,2-4H2,1H3,(H,15,19)(H,16,17)(H,18,20). The van der Waals surface area contributed by atoms with E-state index in [9.17, 15) is 9.18 Å². The summed E-state index contributed by atoms with van der Waals surface area (Å²) in [5.41, 5.74) is 0.200. The molecule has 0 aromatic carbocycles. The lowest BCUT2D eigenvalue weighted by Crippen LogP contribution is -2.26. The van der Waals surface area contributed by atoms with E-state index in [0.717, 1.165) is 24.9 Å². The number of H-pyrrole nitrogens is 1. The van der Waals surface area contributed by atoms with E-state index in [-0.39, 0.29) is 11.5 Å². The van der Waals surface area contributed by atoms with Crippen molar-refractivity contribution in [2.75, 3.05) is 18.9 Å². The van der Waals surface area contributed by atoms with E-state index in [4.69, 9.17) is 0 Å². The number of anilines is 1. The van der Waals surface area contributed by atoms with Crippen LogP contribution in [0.5, 0.6) is 0 Å². The van der Waals surface area contributed by atoms with Gasteiger partial charge in [0.1, 0.15) is 17.5 Å². The molecule has 106 valence electrons. The Morgan fingerprint density at radius 3 is 3.00 bits per heavy atom. The molecule has 20 heavy (non-hydrogen) atoms. The minimum absolute atomic E-state index is 0.200. The number of aromatic amines is 1. The molecule has 2 heterocycles. The van der Waals surface area contributed by atoms with Gasteiger partial charge < -0.3 is 15.6 Å². The van der Waals surface area contributed by atoms with Crippen LogP contribution in [0, 0.1) is 5.82 Å². The average Bonchev–Trinajstić information content (AvgIpc) is 2.96. The van der Waals surface area contributed by atoms with Crippen molar-refractivity contribution in [3.8, 4) is 0 Å². The number of halogens is 1. The van der Waals surface area contributed by atoms with Crippen LogP contribution in [-0.4, -0.2) is 34.5 Å². The number of amides is 1. The molecule has 3 N–H and O–H groups in total. The molecule has 0 aliphatic rings. The normalized spacial score (nSPS) is 10.3. The lowest BCUT2D eigenvalue weighted by atomic mass is 10.2. The first kappa shape index (κ1) is 14.0. The number of carbonyl (C=O) groups is 1. The van der Waals surface area contributed by atoms with E-state index >= 15 is 0 Å². The monoisotopic (exact) mass is 277 g/mol. The van der Waals surface area contributed by atoms with E-state index in [2.05, 4.69) is 25.6 Å². The van der Waals surface area contributed by atoms with Crippen LogP contribution >= 0.6 is 0 Å². The highest BCUT2D eigenvalue weighted by Crippen LogP contribution is 2.12. The first-order valence-corrected chi connectivity index (χ1v) is 6.30. The van der Waals surface area contributed by atoms with Crippen LogP contribution in [0.25, 0.3) is 0 Å². The van der Waals surface area contributed by atoms with Gasteiger partial charge in [0, 0.05) is 32.4 Å². The summed E-state index contributed by atoms with van der Waals surface area (Å²) in [5.74, 6) is 0.350. The molecule has 1 amide bonds. The average molecular weight is 277 g/mol. The predicted octanol–water partition coefficient (Wildman–Crippen LogP) is 1.35. The van der Waals surface area contributed by atoms with Crippen molar-refractivity contribution in [3.05, 3.63) is 41.9 Å². The van der Waals surface area contributed by atoms with E-state index in [0.29, 0.717) is 12.4 Å². The molecule has 0 atom stereocenters. The van der Waals surface area contributed by atoms with Crippen LogP contribution in [-0.2, 0) is 6.42 Å². The number of aryl methyl sites for hydroxylation is 1. The number of nitrogens with zero attached hydrogens (tertiary/aromatic N) is 2. The zero-order valence-corrected chi connectivity index (χ0v) is 11.1. The van der Waals surface area contributed by atoms with Gasteiger partial charge in [-0.3, -0.25) is 4.79 Å². The second-order valence-corrected chi connectivity index (χ2v) is 4.20. The number of hydrogen-bond donors (Lipinski definition) is 3. The Labute approximate surface area is 115 Å². The van der Waals surface area contributed by atoms with E-state index < -0.39 is 5.82 Å². The molecule has 7 heteroatoms. The highest BCUT2D eigenvalue weighted by atomic mass is 19.1. The Balaban J connectivity index is 1.87. The Hall–Kier alpha value is -2.44. The summed E-state index contributed by atoms with van der Waals surface area (Å²) in [6.45, 7) is 0.485. The van der Waals surface area contributed by atoms with Crippen LogP contribution in [0.15, 0.2) is 24.7 Å². The highest BCUT2D eigenvalue weighted by Gasteiger charge is 2.12. The molecule has 0 radical (unpaired) electrons. The van der Waals surface area contributed by atoms with Crippen molar-refractivity contribution in [2.45, 2.75) is 12.8 Å². The lowest BCUT2D eigenvalue weighted by Gasteiger charge is -2.08. The van der Waals surface area contributed by atoms with Crippen molar-refractivity contribution in [3.63, 3.8) is 0 Å². The smallest absolute Gasteiger partial charge is 0.255 e. The van der Waals surface area contributed by atoms with Gasteiger partial charge in [-0.15, -0.1) is 0 Å². The maximum absolute atomic E-state index is 13.1. The number of nitrogens with one attached hydrogen (secondary N) is 3. The molecule has 0 saturated heterocycles. The van der Waals surface area contributed by atoms with Gasteiger partial charge >= 0.3 is 0 Å². The molecule has 0 spiro atoms. The van der Waals surface area contributed by atoms with Crippen LogP contribution in [0.1, 0.15) is 22.6 Å². The minimum Gasteiger partial charge on any atom is -0.372 e. The molecular formula is C13H16FN5O. The summed E-state index contributed by atoms with van der Waals surface area (Å²) in [6.07, 6.45) is 6.00. The molecule has 0 unspecified atom stereocenters. The lowest BCUT2D eigenvalue weighted by molar-refractivity contribution is 0.0953. The molecule has 0 saturated carbocycles. The number of carbonyl (C=O) groups excluding carboxylic acids is 1. The zero-order chi connectivity index (χ0) is 14.4. The van der Waals surface area contributed by atoms with Crippen molar-refractivity contribution in [1.29, 1.82) is 0 Å². The molecule has 2 aromatic rings. The molecule has 0 aliphatic heterocycles. The van der Waals surface area contributed by atoms with Crippen LogP contribution in [0.3, 0.4) is 0 Å². The summed E-state index contributed by atoms with van der Waals surface area (Å²) < 4.78 is 13.1. The first-order valence-electron chi connectivity index (χ1n) is 6.30. The number of imidazole rings is 1. The van der Waals surface area contributed by atoms with Gasteiger partial charge in [0.05, 0.1) is 11.8 Å². The Kier molecular flexibility index (Phi) is 4.65. The molecule has 0 aliphatic carbocycles. The topological polar surface area (TPSA) is 82.7 Å². The molecule has 0 fully saturated rings. The summed E-state index contributed by atoms with van der Waals surface area (Å²) in [6, 6.07) is 1.17. The SMILES string of the molecule is CNc1ncc(F)cc1C(=O)NCCCc1ncc[nH]1.